The Morgan fingerprint density at radius 2 is 1.89 bits per heavy atom. The number of benzene rings is 2. The summed E-state index contributed by atoms with van der Waals surface area (Å²) in [7, 11) is 0. The molecule has 2 amide bonds. The maximum atomic E-state index is 13.1. The normalized spacial score (nSPS) is 14.1. The number of carbonyl (C=O) groups is 2. The van der Waals surface area contributed by atoms with Crippen LogP contribution in [0.5, 0.6) is 0 Å². The van der Waals surface area contributed by atoms with Gasteiger partial charge >= 0.3 is 0 Å². The van der Waals surface area contributed by atoms with Crippen LogP contribution in [0.3, 0.4) is 0 Å². The molecule has 1 heterocycles. The molecule has 3 rings (SSSR count). The number of amides is 2. The minimum absolute atomic E-state index is 0.133. The summed E-state index contributed by atoms with van der Waals surface area (Å²) in [6.07, 6.45) is 0.780. The van der Waals surface area contributed by atoms with E-state index in [0.29, 0.717) is 17.0 Å². The maximum Gasteiger partial charge on any atom is 0.243 e. The predicted molar refractivity (Wildman–Crippen MR) is 102 cm³/mol. The van der Waals surface area contributed by atoms with Crippen molar-refractivity contribution in [1.82, 2.24) is 10.3 Å². The van der Waals surface area contributed by atoms with Crippen molar-refractivity contribution in [2.24, 2.45) is 5.10 Å². The first-order valence-electron chi connectivity index (χ1n) is 8.27. The van der Waals surface area contributed by atoms with E-state index in [9.17, 15) is 14.0 Å². The molecule has 27 heavy (non-hydrogen) atoms. The fourth-order valence-electron chi connectivity index (χ4n) is 2.62. The molecule has 0 atom stereocenters. The Kier molecular flexibility index (Phi) is 6.08. The number of carbonyl (C=O) groups excluding carboxylic acids is 2. The minimum atomic E-state index is -0.446. The lowest BCUT2D eigenvalue weighted by Gasteiger charge is -2.23. The molecule has 5 nitrogen and oxygen atoms in total. The number of hydrogen-bond donors (Lipinski definition) is 1. The Morgan fingerprint density at radius 1 is 1.15 bits per heavy atom. The van der Waals surface area contributed by atoms with E-state index in [1.807, 2.05) is 12.1 Å². The summed E-state index contributed by atoms with van der Waals surface area (Å²) < 4.78 is 13.1. The van der Waals surface area contributed by atoms with Gasteiger partial charge in [-0.3, -0.25) is 9.59 Å². The summed E-state index contributed by atoms with van der Waals surface area (Å²) in [5.74, 6) is -1.05. The molecule has 0 aromatic heterocycles. The first-order valence-corrected chi connectivity index (χ1v) is 9.02. The lowest BCUT2D eigenvalue weighted by atomic mass is 10.0. The third kappa shape index (κ3) is 5.05. The standard InChI is InChI=1S/C19H16Cl2FN3O2/c20-14-4-1-12(2-5-14)17-7-8-19(27)25(24-17)11-18(26)23-10-13-3-6-15(22)9-16(13)21/h1-6,9H,7-8,10-11H2,(H,23,26). The van der Waals surface area contributed by atoms with Gasteiger partial charge in [-0.25, -0.2) is 9.40 Å². The molecule has 0 fully saturated rings. The van der Waals surface area contributed by atoms with E-state index in [0.717, 1.165) is 16.3 Å². The van der Waals surface area contributed by atoms with Crippen LogP contribution in [0.2, 0.25) is 10.0 Å². The molecule has 1 N–H and O–H groups in total. The van der Waals surface area contributed by atoms with Gasteiger partial charge in [-0.15, -0.1) is 0 Å². The van der Waals surface area contributed by atoms with Crippen LogP contribution < -0.4 is 5.32 Å². The zero-order valence-electron chi connectivity index (χ0n) is 14.2. The minimum Gasteiger partial charge on any atom is -0.350 e. The van der Waals surface area contributed by atoms with Gasteiger partial charge in [0.05, 0.1) is 5.71 Å². The highest BCUT2D eigenvalue weighted by Gasteiger charge is 2.23. The number of hydrazone groups is 1. The molecule has 2 aromatic rings. The molecule has 140 valence electrons. The highest BCUT2D eigenvalue weighted by molar-refractivity contribution is 6.31. The van der Waals surface area contributed by atoms with Crippen LogP contribution in [0, 0.1) is 5.82 Å². The third-order valence-corrected chi connectivity index (χ3v) is 4.67. The van der Waals surface area contributed by atoms with Crippen molar-refractivity contribution < 1.29 is 14.0 Å². The first kappa shape index (κ1) is 19.3. The van der Waals surface area contributed by atoms with Crippen molar-refractivity contribution in [3.05, 3.63) is 69.5 Å². The fourth-order valence-corrected chi connectivity index (χ4v) is 2.98. The summed E-state index contributed by atoms with van der Waals surface area (Å²) in [5, 5.41) is 8.97. The third-order valence-electron chi connectivity index (χ3n) is 4.07. The van der Waals surface area contributed by atoms with Gasteiger partial charge in [-0.1, -0.05) is 41.4 Å². The maximum absolute atomic E-state index is 13.1. The van der Waals surface area contributed by atoms with Crippen LogP contribution in [0.1, 0.15) is 24.0 Å². The summed E-state index contributed by atoms with van der Waals surface area (Å²) >= 11 is 11.8. The van der Waals surface area contributed by atoms with Crippen LogP contribution in [0.15, 0.2) is 47.6 Å². The van der Waals surface area contributed by atoms with Crippen molar-refractivity contribution >= 4 is 40.7 Å². The van der Waals surface area contributed by atoms with Crippen molar-refractivity contribution in [3.63, 3.8) is 0 Å². The number of nitrogens with zero attached hydrogens (tertiary/aromatic N) is 2. The Labute approximate surface area is 165 Å². The lowest BCUT2D eigenvalue weighted by molar-refractivity contribution is -0.136. The molecule has 0 radical (unpaired) electrons. The Bertz CT molecular complexity index is 900. The predicted octanol–water partition coefficient (Wildman–Crippen LogP) is 3.78. The average molecular weight is 408 g/mol. The van der Waals surface area contributed by atoms with Crippen molar-refractivity contribution in [1.29, 1.82) is 0 Å². The van der Waals surface area contributed by atoms with Crippen LogP contribution in [-0.4, -0.2) is 29.1 Å². The van der Waals surface area contributed by atoms with Crippen LogP contribution in [-0.2, 0) is 16.1 Å². The van der Waals surface area contributed by atoms with Gasteiger partial charge in [0.25, 0.3) is 0 Å². The largest absolute Gasteiger partial charge is 0.350 e. The smallest absolute Gasteiger partial charge is 0.243 e. The molecule has 0 saturated carbocycles. The molecular formula is C19H16Cl2FN3O2. The first-order chi connectivity index (χ1) is 12.9. The van der Waals surface area contributed by atoms with Gasteiger partial charge < -0.3 is 5.32 Å². The molecule has 1 aliphatic heterocycles. The average Bonchev–Trinajstić information content (AvgIpc) is 2.63. The second-order valence-electron chi connectivity index (χ2n) is 6.02. The summed E-state index contributed by atoms with van der Waals surface area (Å²) in [6.45, 7) is -0.0670. The van der Waals surface area contributed by atoms with Gasteiger partial charge in [-0.2, -0.15) is 5.10 Å². The van der Waals surface area contributed by atoms with E-state index in [4.69, 9.17) is 23.2 Å². The number of halogens is 3. The van der Waals surface area contributed by atoms with E-state index in [-0.39, 0.29) is 36.3 Å². The monoisotopic (exact) mass is 407 g/mol. The molecule has 0 saturated heterocycles. The topological polar surface area (TPSA) is 61.8 Å². The molecule has 2 aromatic carbocycles. The number of rotatable bonds is 5. The zero-order chi connectivity index (χ0) is 19.4. The highest BCUT2D eigenvalue weighted by Crippen LogP contribution is 2.18. The number of hydrogen-bond acceptors (Lipinski definition) is 3. The second-order valence-corrected chi connectivity index (χ2v) is 6.86. The van der Waals surface area contributed by atoms with E-state index in [2.05, 4.69) is 10.4 Å². The summed E-state index contributed by atoms with van der Waals surface area (Å²) in [5.41, 5.74) is 2.16. The van der Waals surface area contributed by atoms with Gasteiger partial charge in [0.15, 0.2) is 0 Å². The van der Waals surface area contributed by atoms with Crippen molar-refractivity contribution in [3.8, 4) is 0 Å². The Balaban J connectivity index is 1.64. The summed E-state index contributed by atoms with van der Waals surface area (Å²) in [6, 6.07) is 11.1. The number of nitrogens with one attached hydrogen (secondary N) is 1. The SMILES string of the molecule is O=C(CN1N=C(c2ccc(Cl)cc2)CCC1=O)NCc1ccc(F)cc1Cl. The molecule has 8 heteroatoms. The molecule has 0 unspecified atom stereocenters. The van der Waals surface area contributed by atoms with Gasteiger partial charge in [-0.05, 0) is 35.4 Å². The van der Waals surface area contributed by atoms with Gasteiger partial charge in [0, 0.05) is 29.4 Å². The highest BCUT2D eigenvalue weighted by atomic mass is 35.5. The molecule has 1 aliphatic rings. The fraction of sp³-hybridized carbons (Fsp3) is 0.211. The quantitative estimate of drug-likeness (QED) is 0.819. The summed E-state index contributed by atoms with van der Waals surface area (Å²) in [4.78, 5) is 24.3. The molecule has 0 spiro atoms. The molecule has 0 aliphatic carbocycles. The second kappa shape index (κ2) is 8.50. The van der Waals surface area contributed by atoms with E-state index < -0.39 is 5.82 Å². The van der Waals surface area contributed by atoms with Crippen LogP contribution in [0.25, 0.3) is 0 Å². The van der Waals surface area contributed by atoms with E-state index in [1.165, 1.54) is 18.2 Å². The molecular weight excluding hydrogens is 392 g/mol. The van der Waals surface area contributed by atoms with Crippen molar-refractivity contribution in [2.45, 2.75) is 19.4 Å². The Morgan fingerprint density at radius 3 is 2.59 bits per heavy atom. The lowest BCUT2D eigenvalue weighted by Crippen LogP contribution is -2.40. The van der Waals surface area contributed by atoms with Crippen LogP contribution >= 0.6 is 23.2 Å². The van der Waals surface area contributed by atoms with Gasteiger partial charge in [0.1, 0.15) is 12.4 Å². The zero-order valence-corrected chi connectivity index (χ0v) is 15.7. The van der Waals surface area contributed by atoms with E-state index in [1.54, 1.807) is 12.1 Å². The molecule has 0 bridgehead atoms. The van der Waals surface area contributed by atoms with Crippen molar-refractivity contribution in [2.75, 3.05) is 6.54 Å². The van der Waals surface area contributed by atoms with Gasteiger partial charge in [0.2, 0.25) is 11.8 Å². The Hall–Kier alpha value is -2.44. The van der Waals surface area contributed by atoms with Crippen LogP contribution in [0.4, 0.5) is 4.39 Å². The van der Waals surface area contributed by atoms with E-state index >= 15 is 0 Å².